The van der Waals surface area contributed by atoms with E-state index < -0.39 is 0 Å². The Hall–Kier alpha value is -1.60. The van der Waals surface area contributed by atoms with Crippen LogP contribution in [-0.4, -0.2) is 6.54 Å². The van der Waals surface area contributed by atoms with Crippen LogP contribution in [0, 0.1) is 13.8 Å². The lowest BCUT2D eigenvalue weighted by Crippen LogP contribution is -2.13. The smallest absolute Gasteiger partial charge is 0.0205 e. The van der Waals surface area contributed by atoms with Crippen LogP contribution in [0.4, 0.5) is 0 Å². The third kappa shape index (κ3) is 3.45. The van der Waals surface area contributed by atoms with Crippen molar-refractivity contribution in [1.82, 2.24) is 5.32 Å². The highest BCUT2D eigenvalue weighted by Crippen LogP contribution is 2.26. The van der Waals surface area contributed by atoms with Crippen molar-refractivity contribution in [2.24, 2.45) is 0 Å². The van der Waals surface area contributed by atoms with Crippen LogP contribution in [0.1, 0.15) is 30.0 Å². The van der Waals surface area contributed by atoms with Crippen LogP contribution in [0.2, 0.25) is 0 Å². The summed E-state index contributed by atoms with van der Waals surface area (Å²) in [5.41, 5.74) is 6.74. The van der Waals surface area contributed by atoms with Gasteiger partial charge in [0.05, 0.1) is 0 Å². The minimum absolute atomic E-state index is 0.951. The van der Waals surface area contributed by atoms with Gasteiger partial charge in [-0.3, -0.25) is 0 Å². The predicted molar refractivity (Wildman–Crippen MR) is 83.3 cm³/mol. The maximum absolute atomic E-state index is 3.46. The largest absolute Gasteiger partial charge is 0.313 e. The average Bonchev–Trinajstić information content (AvgIpc) is 2.43. The molecule has 0 saturated heterocycles. The maximum atomic E-state index is 3.46. The quantitative estimate of drug-likeness (QED) is 0.775. The Morgan fingerprint density at radius 2 is 1.79 bits per heavy atom. The molecule has 1 N–H and O–H groups in total. The highest BCUT2D eigenvalue weighted by molar-refractivity contribution is 5.68. The molecule has 100 valence electrons. The highest BCUT2D eigenvalue weighted by atomic mass is 14.8. The van der Waals surface area contributed by atoms with Crippen molar-refractivity contribution in [3.05, 3.63) is 59.2 Å². The number of rotatable bonds is 5. The molecule has 0 unspecified atom stereocenters. The molecule has 19 heavy (non-hydrogen) atoms. The Kier molecular flexibility index (Phi) is 4.75. The lowest BCUT2D eigenvalue weighted by Gasteiger charge is -2.10. The van der Waals surface area contributed by atoms with Crippen LogP contribution in [-0.2, 0) is 6.54 Å². The van der Waals surface area contributed by atoms with Crippen LogP contribution < -0.4 is 5.32 Å². The van der Waals surface area contributed by atoms with Gasteiger partial charge in [0, 0.05) is 6.54 Å². The molecular weight excluding hydrogens is 230 g/mol. The monoisotopic (exact) mass is 253 g/mol. The van der Waals surface area contributed by atoms with E-state index in [2.05, 4.69) is 68.6 Å². The third-order valence-corrected chi connectivity index (χ3v) is 3.60. The molecule has 2 aromatic carbocycles. The normalized spacial score (nSPS) is 10.7. The van der Waals surface area contributed by atoms with E-state index >= 15 is 0 Å². The van der Waals surface area contributed by atoms with E-state index in [-0.39, 0.29) is 0 Å². The maximum Gasteiger partial charge on any atom is 0.0205 e. The third-order valence-electron chi connectivity index (χ3n) is 3.60. The number of nitrogens with one attached hydrogen (secondary N) is 1. The summed E-state index contributed by atoms with van der Waals surface area (Å²) in [5.74, 6) is 0. The van der Waals surface area contributed by atoms with Gasteiger partial charge < -0.3 is 5.32 Å². The Morgan fingerprint density at radius 1 is 1.00 bits per heavy atom. The van der Waals surface area contributed by atoms with Gasteiger partial charge in [0.15, 0.2) is 0 Å². The molecule has 0 bridgehead atoms. The van der Waals surface area contributed by atoms with Gasteiger partial charge in [-0.1, -0.05) is 43.3 Å². The zero-order valence-corrected chi connectivity index (χ0v) is 12.2. The van der Waals surface area contributed by atoms with Crippen LogP contribution in [0.5, 0.6) is 0 Å². The lowest BCUT2D eigenvalue weighted by atomic mass is 9.96. The highest BCUT2D eigenvalue weighted by Gasteiger charge is 2.04. The van der Waals surface area contributed by atoms with E-state index in [9.17, 15) is 0 Å². The molecule has 0 fully saturated rings. The summed E-state index contributed by atoms with van der Waals surface area (Å²) in [6.45, 7) is 8.60. The molecule has 0 aromatic heterocycles. The van der Waals surface area contributed by atoms with E-state index in [1.54, 1.807) is 0 Å². The number of aryl methyl sites for hydroxylation is 1. The standard InChI is InChI=1S/C18H23N/c1-4-11-19-13-16-8-6-9-17(12-16)18-10-5-7-14(2)15(18)3/h5-10,12,19H,4,11,13H2,1-3H3. The number of benzene rings is 2. The number of hydrogen-bond donors (Lipinski definition) is 1. The number of hydrogen-bond acceptors (Lipinski definition) is 1. The van der Waals surface area contributed by atoms with Crippen LogP contribution in [0.15, 0.2) is 42.5 Å². The molecular formula is C18H23N. The summed E-state index contributed by atoms with van der Waals surface area (Å²) < 4.78 is 0. The van der Waals surface area contributed by atoms with Crippen LogP contribution in [0.3, 0.4) is 0 Å². The van der Waals surface area contributed by atoms with Crippen molar-refractivity contribution in [3.8, 4) is 11.1 Å². The Bertz CT molecular complexity index is 543. The van der Waals surface area contributed by atoms with Gasteiger partial charge >= 0.3 is 0 Å². The van der Waals surface area contributed by atoms with E-state index in [1.807, 2.05) is 0 Å². The van der Waals surface area contributed by atoms with Crippen LogP contribution in [0.25, 0.3) is 11.1 Å². The molecule has 0 saturated carbocycles. The fourth-order valence-electron chi connectivity index (χ4n) is 2.32. The second kappa shape index (κ2) is 6.53. The lowest BCUT2D eigenvalue weighted by molar-refractivity contribution is 0.675. The van der Waals surface area contributed by atoms with E-state index in [1.165, 1.54) is 34.2 Å². The van der Waals surface area contributed by atoms with Gasteiger partial charge in [-0.15, -0.1) is 0 Å². The molecule has 1 heteroatoms. The molecule has 0 aliphatic carbocycles. The van der Waals surface area contributed by atoms with Gasteiger partial charge in [0.25, 0.3) is 0 Å². The predicted octanol–water partition coefficient (Wildman–Crippen LogP) is 4.47. The second-order valence-corrected chi connectivity index (χ2v) is 5.12. The zero-order chi connectivity index (χ0) is 13.7. The summed E-state index contributed by atoms with van der Waals surface area (Å²) in [6, 6.07) is 15.4. The van der Waals surface area contributed by atoms with Gasteiger partial charge in [-0.25, -0.2) is 0 Å². The molecule has 2 rings (SSSR count). The summed E-state index contributed by atoms with van der Waals surface area (Å²) in [7, 11) is 0. The zero-order valence-electron chi connectivity index (χ0n) is 12.2. The average molecular weight is 253 g/mol. The van der Waals surface area contributed by atoms with Gasteiger partial charge in [0.1, 0.15) is 0 Å². The first-order valence-corrected chi connectivity index (χ1v) is 7.08. The molecule has 1 nitrogen and oxygen atoms in total. The summed E-state index contributed by atoms with van der Waals surface area (Å²) in [5, 5.41) is 3.46. The van der Waals surface area contributed by atoms with Crippen molar-refractivity contribution in [2.45, 2.75) is 33.7 Å². The summed E-state index contributed by atoms with van der Waals surface area (Å²) in [4.78, 5) is 0. The molecule has 0 heterocycles. The molecule has 2 aromatic rings. The van der Waals surface area contributed by atoms with Crippen molar-refractivity contribution < 1.29 is 0 Å². The molecule has 0 spiro atoms. The fraction of sp³-hybridized carbons (Fsp3) is 0.333. The summed E-state index contributed by atoms with van der Waals surface area (Å²) >= 11 is 0. The summed E-state index contributed by atoms with van der Waals surface area (Å²) in [6.07, 6.45) is 1.18. The Labute approximate surface area is 116 Å². The molecule has 0 aliphatic heterocycles. The Balaban J connectivity index is 2.25. The van der Waals surface area contributed by atoms with E-state index in [4.69, 9.17) is 0 Å². The Morgan fingerprint density at radius 3 is 2.58 bits per heavy atom. The first-order valence-electron chi connectivity index (χ1n) is 7.08. The van der Waals surface area contributed by atoms with Crippen molar-refractivity contribution in [2.75, 3.05) is 6.54 Å². The topological polar surface area (TPSA) is 12.0 Å². The molecule has 0 atom stereocenters. The second-order valence-electron chi connectivity index (χ2n) is 5.12. The van der Waals surface area contributed by atoms with Gasteiger partial charge in [-0.05, 0) is 60.7 Å². The first kappa shape index (κ1) is 13.8. The van der Waals surface area contributed by atoms with Crippen molar-refractivity contribution in [1.29, 1.82) is 0 Å². The van der Waals surface area contributed by atoms with Crippen LogP contribution >= 0.6 is 0 Å². The SMILES string of the molecule is CCCNCc1cccc(-c2cccc(C)c2C)c1. The molecule has 0 amide bonds. The van der Waals surface area contributed by atoms with Crippen molar-refractivity contribution in [3.63, 3.8) is 0 Å². The van der Waals surface area contributed by atoms with Gasteiger partial charge in [-0.2, -0.15) is 0 Å². The van der Waals surface area contributed by atoms with Crippen molar-refractivity contribution >= 4 is 0 Å². The van der Waals surface area contributed by atoms with E-state index in [0.717, 1.165) is 13.1 Å². The van der Waals surface area contributed by atoms with E-state index in [0.29, 0.717) is 0 Å². The molecule has 0 aliphatic rings. The fourth-order valence-corrected chi connectivity index (χ4v) is 2.32. The van der Waals surface area contributed by atoms with Gasteiger partial charge in [0.2, 0.25) is 0 Å². The molecule has 0 radical (unpaired) electrons. The minimum Gasteiger partial charge on any atom is -0.313 e. The first-order chi connectivity index (χ1) is 9.22. The minimum atomic E-state index is 0.951.